The zero-order valence-electron chi connectivity index (χ0n) is 13.1. The Morgan fingerprint density at radius 1 is 1.12 bits per heavy atom. The van der Waals surface area contributed by atoms with Gasteiger partial charge in [-0.1, -0.05) is 36.4 Å². The number of amides is 1. The van der Waals surface area contributed by atoms with E-state index in [0.717, 1.165) is 10.4 Å². The van der Waals surface area contributed by atoms with Crippen molar-refractivity contribution in [3.8, 4) is 0 Å². The van der Waals surface area contributed by atoms with Gasteiger partial charge in [0.1, 0.15) is 5.76 Å². The van der Waals surface area contributed by atoms with Crippen molar-refractivity contribution in [2.75, 3.05) is 6.54 Å². The van der Waals surface area contributed by atoms with Gasteiger partial charge in [0.15, 0.2) is 5.60 Å². The van der Waals surface area contributed by atoms with Gasteiger partial charge < -0.3 is 14.8 Å². The average molecular weight is 341 g/mol. The summed E-state index contributed by atoms with van der Waals surface area (Å²) in [6.45, 7) is 0.0780. The van der Waals surface area contributed by atoms with Crippen molar-refractivity contribution in [3.63, 3.8) is 0 Å². The van der Waals surface area contributed by atoms with Crippen LogP contribution in [0.15, 0.2) is 70.7 Å². The summed E-state index contributed by atoms with van der Waals surface area (Å²) in [6, 6.07) is 17.0. The highest BCUT2D eigenvalue weighted by atomic mass is 32.1. The molecule has 0 saturated carbocycles. The molecule has 0 bridgehead atoms. The Morgan fingerprint density at radius 2 is 1.96 bits per heavy atom. The van der Waals surface area contributed by atoms with E-state index in [-0.39, 0.29) is 12.5 Å². The molecule has 4 nitrogen and oxygen atoms in total. The highest BCUT2D eigenvalue weighted by Crippen LogP contribution is 2.32. The van der Waals surface area contributed by atoms with Gasteiger partial charge in [0.05, 0.1) is 12.8 Å². The summed E-state index contributed by atoms with van der Waals surface area (Å²) in [6.07, 6.45) is 2.57. The molecule has 2 aromatic heterocycles. The second kappa shape index (κ2) is 7.47. The van der Waals surface area contributed by atoms with Crippen LogP contribution in [0.4, 0.5) is 0 Å². The van der Waals surface area contributed by atoms with Gasteiger partial charge in [0.2, 0.25) is 5.91 Å². The lowest BCUT2D eigenvalue weighted by molar-refractivity contribution is -0.122. The minimum Gasteiger partial charge on any atom is -0.466 e. The maximum absolute atomic E-state index is 12.2. The third kappa shape index (κ3) is 3.75. The molecule has 0 spiro atoms. The van der Waals surface area contributed by atoms with E-state index in [1.165, 1.54) is 17.6 Å². The molecule has 1 unspecified atom stereocenters. The van der Waals surface area contributed by atoms with Gasteiger partial charge in [-0.05, 0) is 35.6 Å². The lowest BCUT2D eigenvalue weighted by Gasteiger charge is -2.25. The molecule has 5 heteroatoms. The zero-order valence-corrected chi connectivity index (χ0v) is 14.0. The predicted octanol–water partition coefficient (Wildman–Crippen LogP) is 3.33. The number of aryl methyl sites for hydroxylation is 1. The normalized spacial score (nSPS) is 13.4. The third-order valence-electron chi connectivity index (χ3n) is 3.88. The molecule has 2 heterocycles. The van der Waals surface area contributed by atoms with E-state index < -0.39 is 5.60 Å². The first-order valence-electron chi connectivity index (χ1n) is 7.79. The second-order valence-corrected chi connectivity index (χ2v) is 6.52. The summed E-state index contributed by atoms with van der Waals surface area (Å²) in [4.78, 5) is 12.9. The number of hydrogen-bond donors (Lipinski definition) is 2. The molecule has 0 saturated heterocycles. The fraction of sp³-hybridized carbons (Fsp3) is 0.211. The van der Waals surface area contributed by atoms with E-state index in [2.05, 4.69) is 5.32 Å². The maximum atomic E-state index is 12.2. The molecular formula is C19H19NO3S. The topological polar surface area (TPSA) is 62.5 Å². The molecule has 124 valence electrons. The molecular weight excluding hydrogens is 322 g/mol. The van der Waals surface area contributed by atoms with Crippen LogP contribution in [0.25, 0.3) is 0 Å². The molecule has 0 aliphatic heterocycles. The second-order valence-electron chi connectivity index (χ2n) is 5.58. The summed E-state index contributed by atoms with van der Waals surface area (Å²) < 4.78 is 5.39. The van der Waals surface area contributed by atoms with Gasteiger partial charge in [-0.15, -0.1) is 11.3 Å². The summed E-state index contributed by atoms with van der Waals surface area (Å²) in [7, 11) is 0. The Bertz CT molecular complexity index is 717. The number of aliphatic hydroxyl groups is 1. The van der Waals surface area contributed by atoms with Crippen molar-refractivity contribution in [2.45, 2.75) is 18.4 Å². The first kappa shape index (κ1) is 16.5. The number of benzene rings is 1. The number of hydrogen-bond acceptors (Lipinski definition) is 4. The van der Waals surface area contributed by atoms with E-state index >= 15 is 0 Å². The van der Waals surface area contributed by atoms with E-state index in [1.54, 1.807) is 12.1 Å². The SMILES string of the molecule is O=C(CCc1ccccc1)NCC(O)(c1ccco1)c1cccs1. The number of furan rings is 1. The smallest absolute Gasteiger partial charge is 0.220 e. The lowest BCUT2D eigenvalue weighted by Crippen LogP contribution is -2.41. The van der Waals surface area contributed by atoms with Crippen LogP contribution >= 0.6 is 11.3 Å². The Balaban J connectivity index is 1.63. The Hall–Kier alpha value is -2.37. The molecule has 0 radical (unpaired) electrons. The minimum absolute atomic E-state index is 0.0780. The Kier molecular flexibility index (Phi) is 5.13. The summed E-state index contributed by atoms with van der Waals surface area (Å²) in [5.41, 5.74) is -0.229. The number of carbonyl (C=O) groups is 1. The standard InChI is InChI=1S/C19H19NO3S/c21-18(11-10-15-6-2-1-3-7-15)20-14-19(22,16-8-4-12-23-16)17-9-5-13-24-17/h1-9,12-13,22H,10-11,14H2,(H,20,21). The van der Waals surface area contributed by atoms with Crippen molar-refractivity contribution in [1.29, 1.82) is 0 Å². The van der Waals surface area contributed by atoms with Crippen LogP contribution in [0, 0.1) is 0 Å². The van der Waals surface area contributed by atoms with Crippen molar-refractivity contribution in [2.24, 2.45) is 0 Å². The Morgan fingerprint density at radius 3 is 2.62 bits per heavy atom. The average Bonchev–Trinajstić information content (AvgIpc) is 3.32. The zero-order chi connectivity index (χ0) is 16.8. The molecule has 0 aliphatic carbocycles. The molecule has 3 aromatic rings. The highest BCUT2D eigenvalue weighted by Gasteiger charge is 2.35. The van der Waals surface area contributed by atoms with Gasteiger partial charge in [-0.2, -0.15) is 0 Å². The molecule has 24 heavy (non-hydrogen) atoms. The molecule has 1 atom stereocenters. The van der Waals surface area contributed by atoms with Crippen molar-refractivity contribution in [1.82, 2.24) is 5.32 Å². The third-order valence-corrected chi connectivity index (χ3v) is 4.90. The number of thiophene rings is 1. The molecule has 0 fully saturated rings. The largest absolute Gasteiger partial charge is 0.466 e. The van der Waals surface area contributed by atoms with E-state index in [1.807, 2.05) is 47.8 Å². The molecule has 1 aromatic carbocycles. The predicted molar refractivity (Wildman–Crippen MR) is 93.8 cm³/mol. The fourth-order valence-electron chi connectivity index (χ4n) is 2.54. The molecule has 2 N–H and O–H groups in total. The number of nitrogens with one attached hydrogen (secondary N) is 1. The fourth-order valence-corrected chi connectivity index (χ4v) is 3.37. The summed E-state index contributed by atoms with van der Waals surface area (Å²) >= 11 is 1.43. The van der Waals surface area contributed by atoms with E-state index in [4.69, 9.17) is 4.42 Å². The summed E-state index contributed by atoms with van der Waals surface area (Å²) in [5.74, 6) is 0.327. The van der Waals surface area contributed by atoms with Crippen LogP contribution in [0.5, 0.6) is 0 Å². The van der Waals surface area contributed by atoms with E-state index in [9.17, 15) is 9.90 Å². The van der Waals surface area contributed by atoms with Crippen molar-refractivity contribution < 1.29 is 14.3 Å². The lowest BCUT2D eigenvalue weighted by atomic mass is 9.98. The summed E-state index contributed by atoms with van der Waals surface area (Å²) in [5, 5.41) is 15.8. The van der Waals surface area contributed by atoms with Gasteiger partial charge in [0.25, 0.3) is 0 Å². The van der Waals surface area contributed by atoms with Crippen LogP contribution in [0.3, 0.4) is 0 Å². The van der Waals surface area contributed by atoms with Gasteiger partial charge in [-0.3, -0.25) is 4.79 Å². The van der Waals surface area contributed by atoms with Crippen LogP contribution < -0.4 is 5.32 Å². The van der Waals surface area contributed by atoms with Crippen LogP contribution in [0.2, 0.25) is 0 Å². The van der Waals surface area contributed by atoms with Crippen LogP contribution in [-0.4, -0.2) is 17.6 Å². The number of rotatable bonds is 7. The number of carbonyl (C=O) groups excluding carboxylic acids is 1. The Labute approximate surface area is 144 Å². The highest BCUT2D eigenvalue weighted by molar-refractivity contribution is 7.10. The van der Waals surface area contributed by atoms with Crippen molar-refractivity contribution in [3.05, 3.63) is 82.4 Å². The van der Waals surface area contributed by atoms with Crippen molar-refractivity contribution >= 4 is 17.2 Å². The van der Waals surface area contributed by atoms with Crippen LogP contribution in [-0.2, 0) is 16.8 Å². The first-order chi connectivity index (χ1) is 11.7. The molecule has 3 rings (SSSR count). The quantitative estimate of drug-likeness (QED) is 0.693. The van der Waals surface area contributed by atoms with Gasteiger partial charge in [-0.25, -0.2) is 0 Å². The van der Waals surface area contributed by atoms with Crippen LogP contribution in [0.1, 0.15) is 22.6 Å². The van der Waals surface area contributed by atoms with E-state index in [0.29, 0.717) is 18.6 Å². The first-order valence-corrected chi connectivity index (χ1v) is 8.67. The van der Waals surface area contributed by atoms with Gasteiger partial charge >= 0.3 is 0 Å². The molecule has 1 amide bonds. The minimum atomic E-state index is -1.35. The van der Waals surface area contributed by atoms with Gasteiger partial charge in [0, 0.05) is 11.3 Å². The monoisotopic (exact) mass is 341 g/mol. The molecule has 0 aliphatic rings. The maximum Gasteiger partial charge on any atom is 0.220 e.